The first-order chi connectivity index (χ1) is 12.7. The number of nitrogens with zero attached hydrogens (tertiary/aromatic N) is 2. The average molecular weight is 390 g/mol. The Bertz CT molecular complexity index is 833. The molecule has 2 aromatic rings. The summed E-state index contributed by atoms with van der Waals surface area (Å²) in [7, 11) is 0. The molecule has 1 N–H and O–H groups in total. The summed E-state index contributed by atoms with van der Waals surface area (Å²) in [6, 6.07) is 8.81. The second kappa shape index (κ2) is 7.72. The van der Waals surface area contributed by atoms with Crippen LogP contribution in [0.2, 0.25) is 5.02 Å². The number of piperidine rings is 1. The summed E-state index contributed by atoms with van der Waals surface area (Å²) >= 11 is 5.99. The highest BCUT2D eigenvalue weighted by Crippen LogP contribution is 2.24. The minimum Gasteiger partial charge on any atom is -0.355 e. The van der Waals surface area contributed by atoms with E-state index in [-0.39, 0.29) is 29.0 Å². The Morgan fingerprint density at radius 1 is 1.22 bits per heavy atom. The molecule has 1 fully saturated rings. The van der Waals surface area contributed by atoms with Crippen molar-refractivity contribution in [3.8, 4) is 11.3 Å². The molecule has 0 spiro atoms. The Kier molecular flexibility index (Phi) is 5.56. The van der Waals surface area contributed by atoms with Crippen LogP contribution >= 0.6 is 11.6 Å². The van der Waals surface area contributed by atoms with E-state index in [1.165, 1.54) is 0 Å². The van der Waals surface area contributed by atoms with Crippen molar-refractivity contribution < 1.29 is 14.1 Å². The molecule has 1 aromatic heterocycles. The first-order valence-electron chi connectivity index (χ1n) is 9.07. The lowest BCUT2D eigenvalue weighted by Crippen LogP contribution is -2.49. The first-order valence-corrected chi connectivity index (χ1v) is 9.45. The van der Waals surface area contributed by atoms with Gasteiger partial charge in [-0.3, -0.25) is 9.59 Å². The molecule has 6 nitrogen and oxygen atoms in total. The predicted octanol–water partition coefficient (Wildman–Crippen LogP) is 3.76. The van der Waals surface area contributed by atoms with E-state index in [4.69, 9.17) is 16.1 Å². The van der Waals surface area contributed by atoms with Crippen LogP contribution in [0.25, 0.3) is 11.3 Å². The molecule has 3 rings (SSSR count). The van der Waals surface area contributed by atoms with Gasteiger partial charge in [-0.05, 0) is 25.0 Å². The SMILES string of the molecule is CC(C)(C)C(=O)N1CCC(NC(=O)c2cc(-c3cccc(Cl)c3)on2)CC1. The van der Waals surface area contributed by atoms with Gasteiger partial charge in [-0.1, -0.05) is 49.7 Å². The van der Waals surface area contributed by atoms with E-state index >= 15 is 0 Å². The van der Waals surface area contributed by atoms with Crippen LogP contribution in [0.1, 0.15) is 44.1 Å². The van der Waals surface area contributed by atoms with Crippen molar-refractivity contribution in [1.29, 1.82) is 0 Å². The molecule has 2 heterocycles. The summed E-state index contributed by atoms with van der Waals surface area (Å²) in [6.07, 6.45) is 1.46. The van der Waals surface area contributed by atoms with E-state index in [1.807, 2.05) is 37.8 Å². The van der Waals surface area contributed by atoms with Gasteiger partial charge in [0.2, 0.25) is 5.91 Å². The molecule has 0 aliphatic carbocycles. The van der Waals surface area contributed by atoms with Gasteiger partial charge in [0.1, 0.15) is 0 Å². The van der Waals surface area contributed by atoms with Crippen molar-refractivity contribution >= 4 is 23.4 Å². The lowest BCUT2D eigenvalue weighted by atomic mass is 9.93. The van der Waals surface area contributed by atoms with Crippen molar-refractivity contribution in [2.24, 2.45) is 5.41 Å². The van der Waals surface area contributed by atoms with E-state index in [0.717, 1.165) is 18.4 Å². The van der Waals surface area contributed by atoms with Gasteiger partial charge in [0.05, 0.1) is 0 Å². The van der Waals surface area contributed by atoms with Crippen LogP contribution in [0.15, 0.2) is 34.9 Å². The third kappa shape index (κ3) is 4.69. The molecule has 1 aliphatic rings. The van der Waals surface area contributed by atoms with Crippen molar-refractivity contribution in [2.45, 2.75) is 39.7 Å². The maximum absolute atomic E-state index is 12.5. The van der Waals surface area contributed by atoms with Crippen LogP contribution in [0.5, 0.6) is 0 Å². The second-order valence-corrected chi connectivity index (χ2v) is 8.31. The second-order valence-electron chi connectivity index (χ2n) is 7.88. The normalized spacial score (nSPS) is 15.6. The van der Waals surface area contributed by atoms with Crippen molar-refractivity contribution in [3.63, 3.8) is 0 Å². The first kappa shape index (κ1) is 19.4. The largest absolute Gasteiger partial charge is 0.355 e. The van der Waals surface area contributed by atoms with E-state index < -0.39 is 0 Å². The summed E-state index contributed by atoms with van der Waals surface area (Å²) in [5.74, 6) is 0.371. The van der Waals surface area contributed by atoms with Crippen LogP contribution in [0.3, 0.4) is 0 Å². The van der Waals surface area contributed by atoms with Crippen LogP contribution in [-0.2, 0) is 4.79 Å². The van der Waals surface area contributed by atoms with Crippen molar-refractivity contribution in [2.75, 3.05) is 13.1 Å². The smallest absolute Gasteiger partial charge is 0.273 e. The van der Waals surface area contributed by atoms with Crippen molar-refractivity contribution in [1.82, 2.24) is 15.4 Å². The van der Waals surface area contributed by atoms with E-state index in [1.54, 1.807) is 18.2 Å². The zero-order chi connectivity index (χ0) is 19.6. The zero-order valence-electron chi connectivity index (χ0n) is 15.8. The summed E-state index contributed by atoms with van der Waals surface area (Å²) in [5.41, 5.74) is 0.620. The fraction of sp³-hybridized carbons (Fsp3) is 0.450. The Morgan fingerprint density at radius 2 is 1.93 bits per heavy atom. The molecule has 1 aromatic carbocycles. The van der Waals surface area contributed by atoms with Gasteiger partial charge in [0.15, 0.2) is 11.5 Å². The number of likely N-dealkylation sites (tertiary alicyclic amines) is 1. The van der Waals surface area contributed by atoms with Gasteiger partial charge in [-0.2, -0.15) is 0 Å². The van der Waals surface area contributed by atoms with Gasteiger partial charge < -0.3 is 14.7 Å². The number of carbonyl (C=O) groups is 2. The molecule has 0 saturated carbocycles. The molecule has 2 amide bonds. The average Bonchev–Trinajstić information content (AvgIpc) is 3.11. The fourth-order valence-electron chi connectivity index (χ4n) is 3.12. The summed E-state index contributed by atoms with van der Waals surface area (Å²) in [4.78, 5) is 26.7. The molecule has 1 saturated heterocycles. The Hall–Kier alpha value is -2.34. The van der Waals surface area contributed by atoms with Gasteiger partial charge in [-0.25, -0.2) is 0 Å². The third-order valence-electron chi connectivity index (χ3n) is 4.61. The number of carbonyl (C=O) groups excluding carboxylic acids is 2. The zero-order valence-corrected chi connectivity index (χ0v) is 16.5. The minimum absolute atomic E-state index is 0.0211. The highest BCUT2D eigenvalue weighted by atomic mass is 35.5. The molecule has 0 radical (unpaired) electrons. The number of aromatic nitrogens is 1. The number of rotatable bonds is 3. The Morgan fingerprint density at radius 3 is 2.56 bits per heavy atom. The van der Waals surface area contributed by atoms with Crippen LogP contribution in [0, 0.1) is 5.41 Å². The van der Waals surface area contributed by atoms with Crippen LogP contribution < -0.4 is 5.32 Å². The Labute approximate surface area is 163 Å². The van der Waals surface area contributed by atoms with Gasteiger partial charge in [0.25, 0.3) is 5.91 Å². The topological polar surface area (TPSA) is 75.4 Å². The van der Waals surface area contributed by atoms with Crippen LogP contribution in [0.4, 0.5) is 0 Å². The maximum atomic E-state index is 12.5. The number of amides is 2. The third-order valence-corrected chi connectivity index (χ3v) is 4.85. The Balaban J connectivity index is 1.57. The molecule has 144 valence electrons. The molecule has 7 heteroatoms. The number of hydrogen-bond donors (Lipinski definition) is 1. The molecular formula is C20H24ClN3O3. The number of hydrogen-bond acceptors (Lipinski definition) is 4. The van der Waals surface area contributed by atoms with Gasteiger partial charge in [0, 0.05) is 41.2 Å². The van der Waals surface area contributed by atoms with E-state index in [0.29, 0.717) is 23.9 Å². The lowest BCUT2D eigenvalue weighted by Gasteiger charge is -2.35. The molecule has 1 aliphatic heterocycles. The van der Waals surface area contributed by atoms with Gasteiger partial charge in [-0.15, -0.1) is 0 Å². The number of halogens is 1. The summed E-state index contributed by atoms with van der Waals surface area (Å²) < 4.78 is 5.28. The van der Waals surface area contributed by atoms with Gasteiger partial charge >= 0.3 is 0 Å². The highest BCUT2D eigenvalue weighted by Gasteiger charge is 2.31. The fourth-order valence-corrected chi connectivity index (χ4v) is 3.31. The standard InChI is InChI=1S/C20H24ClN3O3/c1-20(2,3)19(26)24-9-7-15(8-10-24)22-18(25)16-12-17(27-23-16)13-5-4-6-14(21)11-13/h4-6,11-12,15H,7-10H2,1-3H3,(H,22,25). The minimum atomic E-state index is -0.381. The van der Waals surface area contributed by atoms with Crippen molar-refractivity contribution in [3.05, 3.63) is 41.0 Å². The molecular weight excluding hydrogens is 366 g/mol. The predicted molar refractivity (Wildman–Crippen MR) is 103 cm³/mol. The van der Waals surface area contributed by atoms with Crippen LogP contribution in [-0.4, -0.2) is 41.0 Å². The number of nitrogens with one attached hydrogen (secondary N) is 1. The van der Waals surface area contributed by atoms with E-state index in [9.17, 15) is 9.59 Å². The molecule has 0 unspecified atom stereocenters. The quantitative estimate of drug-likeness (QED) is 0.867. The number of benzene rings is 1. The highest BCUT2D eigenvalue weighted by molar-refractivity contribution is 6.30. The molecule has 27 heavy (non-hydrogen) atoms. The van der Waals surface area contributed by atoms with E-state index in [2.05, 4.69) is 10.5 Å². The monoisotopic (exact) mass is 389 g/mol. The summed E-state index contributed by atoms with van der Waals surface area (Å²) in [5, 5.41) is 7.44. The molecule has 0 atom stereocenters. The molecule has 0 bridgehead atoms. The lowest BCUT2D eigenvalue weighted by molar-refractivity contribution is -0.140. The summed E-state index contributed by atoms with van der Waals surface area (Å²) in [6.45, 7) is 7.06. The maximum Gasteiger partial charge on any atom is 0.273 e.